The molecule has 96 valence electrons. The number of thiazole rings is 1. The third-order valence-corrected chi connectivity index (χ3v) is 3.60. The topological polar surface area (TPSA) is 64.1 Å². The molecule has 2 heterocycles. The third-order valence-electron chi connectivity index (χ3n) is 2.71. The molecule has 0 unspecified atom stereocenters. The predicted molar refractivity (Wildman–Crippen MR) is 78.7 cm³/mol. The van der Waals surface area contributed by atoms with Crippen molar-refractivity contribution in [3.8, 4) is 11.5 Å². The summed E-state index contributed by atoms with van der Waals surface area (Å²) in [7, 11) is 0. The zero-order valence-electron chi connectivity index (χ0n) is 10.4. The second kappa shape index (κ2) is 4.78. The van der Waals surface area contributed by atoms with Gasteiger partial charge in [0.15, 0.2) is 10.9 Å². The van der Waals surface area contributed by atoms with E-state index in [9.17, 15) is 0 Å². The van der Waals surface area contributed by atoms with Gasteiger partial charge in [0.2, 0.25) is 0 Å². The van der Waals surface area contributed by atoms with E-state index in [1.54, 1.807) is 17.6 Å². The number of benzene rings is 1. The molecule has 0 spiro atoms. The number of rotatable bonds is 3. The molecular formula is C14H13N3OS. The van der Waals surface area contributed by atoms with E-state index in [0.29, 0.717) is 0 Å². The summed E-state index contributed by atoms with van der Waals surface area (Å²) in [4.78, 5) is 5.67. The Morgan fingerprint density at radius 1 is 1.21 bits per heavy atom. The molecule has 0 radical (unpaired) electrons. The molecule has 5 heteroatoms. The fraction of sp³-hybridized carbons (Fsp3) is 0.0714. The summed E-state index contributed by atoms with van der Waals surface area (Å²) in [6, 6.07) is 11.3. The summed E-state index contributed by atoms with van der Waals surface area (Å²) >= 11 is 1.60. The minimum absolute atomic E-state index is 0.747. The van der Waals surface area contributed by atoms with Gasteiger partial charge in [0.1, 0.15) is 5.69 Å². The van der Waals surface area contributed by atoms with Crippen LogP contribution in [0.15, 0.2) is 47.1 Å². The number of nitrogens with one attached hydrogen (secondary N) is 1. The maximum Gasteiger partial charge on any atom is 0.188 e. The highest BCUT2D eigenvalue weighted by atomic mass is 32.1. The molecule has 0 saturated heterocycles. The first-order valence-corrected chi connectivity index (χ1v) is 6.68. The van der Waals surface area contributed by atoms with Crippen LogP contribution in [0.3, 0.4) is 0 Å². The molecule has 0 bridgehead atoms. The van der Waals surface area contributed by atoms with Crippen LogP contribution in [0.25, 0.3) is 11.5 Å². The van der Waals surface area contributed by atoms with Crippen molar-refractivity contribution in [1.29, 1.82) is 0 Å². The average molecular weight is 271 g/mol. The summed E-state index contributed by atoms with van der Waals surface area (Å²) < 4.78 is 5.38. The first-order valence-electron chi connectivity index (χ1n) is 5.86. The van der Waals surface area contributed by atoms with Crippen molar-refractivity contribution in [3.63, 3.8) is 0 Å². The van der Waals surface area contributed by atoms with E-state index in [4.69, 9.17) is 10.2 Å². The normalized spacial score (nSPS) is 10.6. The number of aromatic nitrogens is 1. The monoisotopic (exact) mass is 271 g/mol. The van der Waals surface area contributed by atoms with Crippen molar-refractivity contribution in [1.82, 2.24) is 4.98 Å². The lowest BCUT2D eigenvalue weighted by Gasteiger charge is -2.02. The molecule has 19 heavy (non-hydrogen) atoms. The summed E-state index contributed by atoms with van der Waals surface area (Å²) in [6.45, 7) is 2.03. The molecule has 4 nitrogen and oxygen atoms in total. The Morgan fingerprint density at radius 2 is 2.00 bits per heavy atom. The van der Waals surface area contributed by atoms with Crippen molar-refractivity contribution in [3.05, 3.63) is 47.5 Å². The number of anilines is 3. The summed E-state index contributed by atoms with van der Waals surface area (Å²) in [5.41, 5.74) is 8.26. The van der Waals surface area contributed by atoms with Crippen LogP contribution >= 0.6 is 11.3 Å². The van der Waals surface area contributed by atoms with Gasteiger partial charge in [0, 0.05) is 16.3 Å². The lowest BCUT2D eigenvalue weighted by atomic mass is 10.3. The number of nitrogen functional groups attached to an aromatic ring is 1. The second-order valence-electron chi connectivity index (χ2n) is 4.15. The summed E-state index contributed by atoms with van der Waals surface area (Å²) in [5, 5.41) is 4.11. The number of hydrogen-bond donors (Lipinski definition) is 2. The molecule has 0 amide bonds. The highest BCUT2D eigenvalue weighted by Crippen LogP contribution is 2.32. The van der Waals surface area contributed by atoms with Crippen LogP contribution in [-0.4, -0.2) is 4.98 Å². The Labute approximate surface area is 114 Å². The third kappa shape index (κ3) is 2.46. The fourth-order valence-electron chi connectivity index (χ4n) is 1.78. The lowest BCUT2D eigenvalue weighted by Crippen LogP contribution is -1.90. The highest BCUT2D eigenvalue weighted by molar-refractivity contribution is 7.16. The summed E-state index contributed by atoms with van der Waals surface area (Å²) in [6.07, 6.45) is 1.65. The molecule has 2 aromatic heterocycles. The number of furan rings is 1. The van der Waals surface area contributed by atoms with Gasteiger partial charge in [-0.1, -0.05) is 0 Å². The first-order chi connectivity index (χ1) is 9.22. The molecular weight excluding hydrogens is 258 g/mol. The van der Waals surface area contributed by atoms with E-state index < -0.39 is 0 Å². The quantitative estimate of drug-likeness (QED) is 0.706. The van der Waals surface area contributed by atoms with Crippen LogP contribution in [0.5, 0.6) is 0 Å². The van der Waals surface area contributed by atoms with Gasteiger partial charge in [-0.3, -0.25) is 0 Å². The minimum Gasteiger partial charge on any atom is -0.463 e. The fourth-order valence-corrected chi connectivity index (χ4v) is 2.62. The van der Waals surface area contributed by atoms with Crippen molar-refractivity contribution in [2.75, 3.05) is 11.1 Å². The Bertz CT molecular complexity index is 671. The van der Waals surface area contributed by atoms with Crippen LogP contribution in [0, 0.1) is 6.92 Å². The van der Waals surface area contributed by atoms with Crippen molar-refractivity contribution in [2.45, 2.75) is 6.92 Å². The van der Waals surface area contributed by atoms with Crippen LogP contribution in [0.2, 0.25) is 0 Å². The zero-order valence-corrected chi connectivity index (χ0v) is 11.2. The Hall–Kier alpha value is -2.27. The molecule has 0 atom stereocenters. The number of aryl methyl sites for hydroxylation is 1. The van der Waals surface area contributed by atoms with Gasteiger partial charge in [-0.25, -0.2) is 4.98 Å². The summed E-state index contributed by atoms with van der Waals surface area (Å²) in [5.74, 6) is 0.791. The largest absolute Gasteiger partial charge is 0.463 e. The first kappa shape index (κ1) is 11.8. The zero-order chi connectivity index (χ0) is 13.2. The lowest BCUT2D eigenvalue weighted by molar-refractivity contribution is 0.580. The van der Waals surface area contributed by atoms with Crippen molar-refractivity contribution in [2.24, 2.45) is 0 Å². The van der Waals surface area contributed by atoms with E-state index in [1.807, 2.05) is 43.3 Å². The maximum absolute atomic E-state index is 5.66. The van der Waals surface area contributed by atoms with Crippen molar-refractivity contribution >= 4 is 27.8 Å². The molecule has 0 aliphatic carbocycles. The van der Waals surface area contributed by atoms with Gasteiger partial charge in [-0.2, -0.15) is 0 Å². The Balaban J connectivity index is 1.87. The molecule has 3 N–H and O–H groups in total. The molecule has 0 aliphatic rings. The smallest absolute Gasteiger partial charge is 0.188 e. The SMILES string of the molecule is Cc1sc(Nc2ccc(N)cc2)nc1-c1ccco1. The van der Waals surface area contributed by atoms with Crippen LogP contribution in [-0.2, 0) is 0 Å². The Morgan fingerprint density at radius 3 is 2.68 bits per heavy atom. The van der Waals surface area contributed by atoms with Gasteiger partial charge < -0.3 is 15.5 Å². The maximum atomic E-state index is 5.66. The second-order valence-corrected chi connectivity index (χ2v) is 5.35. The van der Waals surface area contributed by atoms with Gasteiger partial charge in [0.05, 0.1) is 6.26 Å². The number of nitrogens with two attached hydrogens (primary N) is 1. The van der Waals surface area contributed by atoms with E-state index in [2.05, 4.69) is 10.3 Å². The van der Waals surface area contributed by atoms with Crippen LogP contribution in [0.4, 0.5) is 16.5 Å². The van der Waals surface area contributed by atoms with Gasteiger partial charge in [-0.15, -0.1) is 11.3 Å². The van der Waals surface area contributed by atoms with Gasteiger partial charge >= 0.3 is 0 Å². The molecule has 0 saturated carbocycles. The molecule has 1 aromatic carbocycles. The number of nitrogens with zero attached hydrogens (tertiary/aromatic N) is 1. The van der Waals surface area contributed by atoms with Crippen LogP contribution < -0.4 is 11.1 Å². The molecule has 0 aliphatic heterocycles. The molecule has 3 aromatic rings. The van der Waals surface area contributed by atoms with Crippen LogP contribution in [0.1, 0.15) is 4.88 Å². The van der Waals surface area contributed by atoms with E-state index in [0.717, 1.165) is 32.8 Å². The average Bonchev–Trinajstić information content (AvgIpc) is 3.01. The van der Waals surface area contributed by atoms with Gasteiger partial charge in [0.25, 0.3) is 0 Å². The van der Waals surface area contributed by atoms with Gasteiger partial charge in [-0.05, 0) is 43.3 Å². The molecule has 0 fully saturated rings. The van der Waals surface area contributed by atoms with Crippen molar-refractivity contribution < 1.29 is 4.42 Å². The predicted octanol–water partition coefficient (Wildman–Crippen LogP) is 4.04. The van der Waals surface area contributed by atoms with E-state index in [-0.39, 0.29) is 0 Å². The highest BCUT2D eigenvalue weighted by Gasteiger charge is 2.11. The minimum atomic E-state index is 0.747. The number of hydrogen-bond acceptors (Lipinski definition) is 5. The Kier molecular flexibility index (Phi) is 2.97. The molecule has 3 rings (SSSR count). The van der Waals surface area contributed by atoms with E-state index >= 15 is 0 Å². The van der Waals surface area contributed by atoms with E-state index in [1.165, 1.54) is 0 Å². The standard InChI is InChI=1S/C14H13N3OS/c1-9-13(12-3-2-8-18-12)17-14(19-9)16-11-6-4-10(15)5-7-11/h2-8H,15H2,1H3,(H,16,17).